The molecule has 4 unspecified atom stereocenters. The van der Waals surface area contributed by atoms with Gasteiger partial charge in [-0.15, -0.1) is 0 Å². The van der Waals surface area contributed by atoms with E-state index in [1.54, 1.807) is 12.1 Å². The van der Waals surface area contributed by atoms with Gasteiger partial charge in [0.25, 0.3) is 0 Å². The van der Waals surface area contributed by atoms with Gasteiger partial charge in [0.2, 0.25) is 11.8 Å². The first-order valence-corrected chi connectivity index (χ1v) is 14.0. The van der Waals surface area contributed by atoms with E-state index in [0.717, 1.165) is 10.9 Å². The number of anilines is 2. The zero-order valence-electron chi connectivity index (χ0n) is 24.1. The van der Waals surface area contributed by atoms with E-state index in [2.05, 4.69) is 20.6 Å². The number of hydrogen-bond donors (Lipinski definition) is 5. The summed E-state index contributed by atoms with van der Waals surface area (Å²) in [7, 11) is 0. The molecule has 1 aliphatic rings. The second-order valence-electron chi connectivity index (χ2n) is 10.4. The summed E-state index contributed by atoms with van der Waals surface area (Å²) in [4.78, 5) is 13.8. The molecule has 0 saturated heterocycles. The number of fused-ring (bicyclic) bond motifs is 1. The van der Waals surface area contributed by atoms with Crippen molar-refractivity contribution in [1.82, 2.24) is 15.0 Å². The summed E-state index contributed by atoms with van der Waals surface area (Å²) < 4.78 is 26.6. The van der Waals surface area contributed by atoms with Crippen molar-refractivity contribution in [3.8, 4) is 17.2 Å². The second-order valence-corrected chi connectivity index (χ2v) is 10.4. The van der Waals surface area contributed by atoms with E-state index in [1.807, 2.05) is 52.0 Å². The van der Waals surface area contributed by atoms with E-state index >= 15 is 0 Å². The molecular formula is C31H36FN5O5. The minimum absolute atomic E-state index is 0.137. The van der Waals surface area contributed by atoms with Gasteiger partial charge in [-0.1, -0.05) is 24.3 Å². The molecule has 0 aliphatic heterocycles. The summed E-state index contributed by atoms with van der Waals surface area (Å²) in [5.41, 5.74) is 3.60. The fourth-order valence-electron chi connectivity index (χ4n) is 5.46. The first kappa shape index (κ1) is 29.4. The summed E-state index contributed by atoms with van der Waals surface area (Å²) in [6, 6.07) is 7.97. The molecule has 222 valence electrons. The smallest absolute Gasteiger partial charge is 0.225 e. The Morgan fingerprint density at radius 2 is 1.93 bits per heavy atom. The number of halogens is 1. The summed E-state index contributed by atoms with van der Waals surface area (Å²) in [5.74, 6) is 0.741. The van der Waals surface area contributed by atoms with Crippen molar-refractivity contribution in [1.29, 1.82) is 0 Å². The molecule has 3 heterocycles. The molecule has 0 spiro atoms. The van der Waals surface area contributed by atoms with E-state index in [4.69, 9.17) is 14.1 Å². The number of nitrogens with one attached hydrogen (secondary N) is 2. The van der Waals surface area contributed by atoms with Gasteiger partial charge in [-0.2, -0.15) is 4.98 Å². The number of ether oxygens (including phenoxy) is 1. The predicted octanol–water partition coefficient (Wildman–Crippen LogP) is 4.60. The van der Waals surface area contributed by atoms with E-state index < -0.39 is 24.2 Å². The molecule has 0 bridgehead atoms. The number of benzene rings is 1. The van der Waals surface area contributed by atoms with Crippen molar-refractivity contribution in [2.24, 2.45) is 5.92 Å². The minimum atomic E-state index is -1.13. The van der Waals surface area contributed by atoms with Gasteiger partial charge in [0.15, 0.2) is 5.58 Å². The molecule has 5 N–H and O–H groups in total. The normalized spacial score (nSPS) is 20.5. The van der Waals surface area contributed by atoms with Crippen LogP contribution >= 0.6 is 0 Å². The molecule has 0 radical (unpaired) electrons. The van der Waals surface area contributed by atoms with Crippen molar-refractivity contribution < 1.29 is 28.9 Å². The molecule has 3 aromatic heterocycles. The van der Waals surface area contributed by atoms with Gasteiger partial charge in [0.1, 0.15) is 23.5 Å². The molecule has 5 rings (SSSR count). The molecule has 1 saturated carbocycles. The van der Waals surface area contributed by atoms with Crippen LogP contribution in [-0.4, -0.2) is 61.7 Å². The molecule has 0 amide bonds. The average Bonchev–Trinajstić information content (AvgIpc) is 3.49. The highest BCUT2D eigenvalue weighted by molar-refractivity contribution is 5.88. The lowest BCUT2D eigenvalue weighted by molar-refractivity contribution is 0.00446. The van der Waals surface area contributed by atoms with Crippen LogP contribution in [0, 0.1) is 25.6 Å². The summed E-state index contributed by atoms with van der Waals surface area (Å²) in [5, 5.41) is 38.1. The largest absolute Gasteiger partial charge is 0.478 e. The van der Waals surface area contributed by atoms with Gasteiger partial charge in [-0.3, -0.25) is 0 Å². The van der Waals surface area contributed by atoms with E-state index in [0.29, 0.717) is 58.6 Å². The van der Waals surface area contributed by atoms with Crippen LogP contribution in [0.4, 0.5) is 16.2 Å². The van der Waals surface area contributed by atoms with Crippen LogP contribution in [0.15, 0.2) is 40.8 Å². The Bertz CT molecular complexity index is 1610. The van der Waals surface area contributed by atoms with Gasteiger partial charge in [-0.05, 0) is 51.8 Å². The number of pyridine rings is 1. The van der Waals surface area contributed by atoms with Gasteiger partial charge in [0, 0.05) is 36.1 Å². The zero-order valence-corrected chi connectivity index (χ0v) is 24.1. The molecule has 1 aliphatic carbocycles. The Balaban J connectivity index is 1.55. The fourth-order valence-corrected chi connectivity index (χ4v) is 5.46. The maximum absolute atomic E-state index is 14.7. The number of furan rings is 1. The number of rotatable bonds is 10. The van der Waals surface area contributed by atoms with Gasteiger partial charge in [-0.25, -0.2) is 14.4 Å². The van der Waals surface area contributed by atoms with Gasteiger partial charge < -0.3 is 35.1 Å². The lowest BCUT2D eigenvalue weighted by Crippen LogP contribution is -2.35. The van der Waals surface area contributed by atoms with Crippen molar-refractivity contribution >= 4 is 28.8 Å². The third-order valence-electron chi connectivity index (χ3n) is 7.56. The molecule has 42 heavy (non-hydrogen) atoms. The topological polar surface area (TPSA) is 146 Å². The Morgan fingerprint density at radius 3 is 2.64 bits per heavy atom. The number of aromatic nitrogens is 3. The van der Waals surface area contributed by atoms with E-state index in [9.17, 15) is 19.7 Å². The Labute approximate surface area is 243 Å². The quantitative estimate of drug-likeness (QED) is 0.181. The van der Waals surface area contributed by atoms with Crippen molar-refractivity contribution in [3.05, 3.63) is 64.7 Å². The SMILES string of the molecule is CC=Cc1cccc(F)c1CNc1nc(C)c(-c2cc3cc(OCC)nc(C)c3o2)c(NC2CC(CO)C(O)C2O)n1. The maximum Gasteiger partial charge on any atom is 0.225 e. The van der Waals surface area contributed by atoms with E-state index in [-0.39, 0.29) is 24.9 Å². The highest BCUT2D eigenvalue weighted by Crippen LogP contribution is 2.38. The zero-order chi connectivity index (χ0) is 30.0. The lowest BCUT2D eigenvalue weighted by Gasteiger charge is -2.21. The van der Waals surface area contributed by atoms with Crippen LogP contribution in [0.3, 0.4) is 0 Å². The molecule has 1 aromatic carbocycles. The first-order valence-electron chi connectivity index (χ1n) is 14.0. The predicted molar refractivity (Wildman–Crippen MR) is 159 cm³/mol. The van der Waals surface area contributed by atoms with Crippen LogP contribution in [0.1, 0.15) is 42.8 Å². The summed E-state index contributed by atoms with van der Waals surface area (Å²) in [6.45, 7) is 7.76. The number of nitrogens with zero attached hydrogens (tertiary/aromatic N) is 3. The molecule has 4 aromatic rings. The number of aryl methyl sites for hydroxylation is 2. The Kier molecular flexibility index (Phi) is 8.72. The molecule has 10 nitrogen and oxygen atoms in total. The minimum Gasteiger partial charge on any atom is -0.478 e. The third kappa shape index (κ3) is 5.80. The lowest BCUT2D eigenvalue weighted by atomic mass is 10.1. The molecule has 11 heteroatoms. The fraction of sp³-hybridized carbons (Fsp3) is 0.387. The highest BCUT2D eigenvalue weighted by Gasteiger charge is 2.41. The Morgan fingerprint density at radius 1 is 1.12 bits per heavy atom. The number of hydrogen-bond acceptors (Lipinski definition) is 10. The van der Waals surface area contributed by atoms with Gasteiger partial charge >= 0.3 is 0 Å². The van der Waals surface area contributed by atoms with Crippen LogP contribution in [0.25, 0.3) is 28.4 Å². The average molecular weight is 578 g/mol. The standard InChI is InChI=1S/C31H36FN5O5/c1-5-8-18-9-7-10-22(32)21(18)14-33-31-35-16(3)26(30(37-31)36-23-11-20(15-38)27(39)28(23)40)24-12-19-13-25(41-6-2)34-17(4)29(19)42-24/h5,7-10,12-13,20,23,27-28,38-40H,6,11,14-15H2,1-4H3,(H2,33,35,36,37). The number of allylic oxidation sites excluding steroid dienone is 1. The molecular weight excluding hydrogens is 541 g/mol. The van der Waals surface area contributed by atoms with Crippen molar-refractivity contribution in [3.63, 3.8) is 0 Å². The maximum atomic E-state index is 14.7. The monoisotopic (exact) mass is 577 g/mol. The second kappa shape index (κ2) is 12.4. The van der Waals surface area contributed by atoms with Crippen LogP contribution in [-0.2, 0) is 6.54 Å². The van der Waals surface area contributed by atoms with Gasteiger partial charge in [0.05, 0.1) is 35.7 Å². The Hall–Kier alpha value is -4.06. The van der Waals surface area contributed by atoms with Crippen molar-refractivity contribution in [2.75, 3.05) is 23.8 Å². The summed E-state index contributed by atoms with van der Waals surface area (Å²) in [6.07, 6.45) is 1.80. The van der Waals surface area contributed by atoms with Crippen LogP contribution < -0.4 is 15.4 Å². The van der Waals surface area contributed by atoms with Crippen molar-refractivity contribution in [2.45, 2.75) is 58.9 Å². The first-order chi connectivity index (χ1) is 20.2. The van der Waals surface area contributed by atoms with Crippen LogP contribution in [0.2, 0.25) is 0 Å². The molecule has 1 fully saturated rings. The molecule has 4 atom stereocenters. The summed E-state index contributed by atoms with van der Waals surface area (Å²) >= 11 is 0. The van der Waals surface area contributed by atoms with Crippen LogP contribution in [0.5, 0.6) is 5.88 Å². The highest BCUT2D eigenvalue weighted by atomic mass is 19.1. The number of aliphatic hydroxyl groups excluding tert-OH is 3. The third-order valence-corrected chi connectivity index (χ3v) is 7.56. The number of aliphatic hydroxyl groups is 3. The van der Waals surface area contributed by atoms with E-state index in [1.165, 1.54) is 6.07 Å².